The van der Waals surface area contributed by atoms with Gasteiger partial charge in [-0.25, -0.2) is 15.4 Å². The number of ether oxygens (including phenoxy) is 3. The summed E-state index contributed by atoms with van der Waals surface area (Å²) in [6.07, 6.45) is 2.48. The SMILES string of the molecule is CC(=O)NC(=O)c1ccccc1O.CC1=CC2C=C3CC4OCOc5c6c(c(O)c(c54)C3=C(O)C2C(=O)N1N)CC1=C(C6=O)C(O)CCC1C(=O)O.NC(=O)c1ccccc1O.O=C(Nc1ccccc1)c1ccccc1O.O=C(Oc1ccccc1C(=O)O)c1ccccc1O. The molecular formula is C71H63N5O21. The van der Waals surface area contributed by atoms with Crippen LogP contribution in [-0.4, -0.2) is 117 Å². The van der Waals surface area contributed by atoms with Crippen LogP contribution in [0.4, 0.5) is 5.69 Å². The number of allylic oxidation sites excluding steroid dienone is 4. The van der Waals surface area contributed by atoms with E-state index in [9.17, 15) is 78.9 Å². The molecule has 4 aliphatic carbocycles. The first kappa shape index (κ1) is 69.0. The van der Waals surface area contributed by atoms with Crippen molar-refractivity contribution in [2.75, 3.05) is 12.1 Å². The number of hydrogen-bond donors (Lipinski definition) is 13. The van der Waals surface area contributed by atoms with Crippen LogP contribution in [0.15, 0.2) is 192 Å². The zero-order chi connectivity index (χ0) is 70.1. The number of benzene rings is 7. The molecule has 2 aliphatic heterocycles. The maximum absolute atomic E-state index is 13.8. The van der Waals surface area contributed by atoms with Crippen LogP contribution in [0.1, 0.15) is 118 Å². The van der Waals surface area contributed by atoms with E-state index in [2.05, 4.69) is 10.6 Å². The number of carbonyl (C=O) groups is 9. The minimum Gasteiger partial charge on any atom is -0.511 e. The van der Waals surface area contributed by atoms with Crippen LogP contribution in [0.2, 0.25) is 0 Å². The molecule has 7 aromatic carbocycles. The van der Waals surface area contributed by atoms with Crippen molar-refractivity contribution in [3.8, 4) is 40.2 Å². The number of imide groups is 1. The third-order valence-electron chi connectivity index (χ3n) is 16.2. The number of primary amides is 1. The molecule has 13 rings (SSSR count). The van der Waals surface area contributed by atoms with Gasteiger partial charge in [0, 0.05) is 58.5 Å². The first-order chi connectivity index (χ1) is 46.3. The Morgan fingerprint density at radius 1 is 0.649 bits per heavy atom. The van der Waals surface area contributed by atoms with E-state index in [0.717, 1.165) is 5.01 Å². The average molecular weight is 1320 g/mol. The average Bonchev–Trinajstić information content (AvgIpc) is 0.703. The summed E-state index contributed by atoms with van der Waals surface area (Å²) in [6.45, 7) is 2.79. The van der Waals surface area contributed by atoms with Gasteiger partial charge in [0.25, 0.3) is 23.6 Å². The van der Waals surface area contributed by atoms with Crippen molar-refractivity contribution in [3.63, 3.8) is 0 Å². The second-order valence-electron chi connectivity index (χ2n) is 22.3. The largest absolute Gasteiger partial charge is 0.511 e. The van der Waals surface area contributed by atoms with E-state index >= 15 is 0 Å². The standard InChI is InChI=1S/C28H26N2O9.C14H10O5.C13H11NO2.C9H9NO3.C7H7NO2/c1-9-4-10-5-11-6-16-21-22(17(11)24(33)18(10)27(35)30(9)29)23(32)14-7-13-12(28(36)37)2-3-15(31)19(13)25(34)20(14)26(21)39-8-38-16;15-11-7-3-1-5-9(11)14(18)19-12-8-4-2-6-10(12)13(16)17;15-12-9-5-4-8-11(12)13(16)14-10-6-2-1-3-7-10;1-6(11)10-9(13)7-4-2-3-5-8(7)12;8-7(10)5-3-1-2-4-6(5)9/h4-5,10,12,15-16,18,31-33H,2-3,6-8,29H2,1H3,(H,36,37);1-8,15H,(H,16,17);1-9,15H,(H,14,16);2-5,12H,1H3,(H,10,11,13);1-4,9H,(H2,8,10). The number of carboxylic acids is 2. The lowest BCUT2D eigenvalue weighted by Crippen LogP contribution is -2.47. The zero-order valence-corrected chi connectivity index (χ0v) is 51.5. The third-order valence-corrected chi connectivity index (χ3v) is 16.2. The van der Waals surface area contributed by atoms with Crippen LogP contribution in [0.3, 0.4) is 0 Å². The van der Waals surface area contributed by atoms with Gasteiger partial charge in [-0.2, -0.15) is 0 Å². The fourth-order valence-corrected chi connectivity index (χ4v) is 11.7. The number of amides is 5. The molecule has 2 heterocycles. The summed E-state index contributed by atoms with van der Waals surface area (Å²) in [4.78, 5) is 106. The second kappa shape index (κ2) is 29.7. The number of carbonyl (C=O) groups excluding carboxylic acids is 7. The molecule has 26 heteroatoms. The molecule has 498 valence electrons. The number of phenolic OH excluding ortho intramolecular Hbond substituents is 4. The number of aliphatic hydroxyl groups is 2. The summed E-state index contributed by atoms with van der Waals surface area (Å²) in [5.74, 6) is -3.52. The van der Waals surface area contributed by atoms with E-state index < -0.39 is 77.3 Å². The fraction of sp³-hybridized carbons (Fsp3) is 0.169. The van der Waals surface area contributed by atoms with Crippen molar-refractivity contribution in [1.82, 2.24) is 10.3 Å². The Balaban J connectivity index is 0.000000159. The van der Waals surface area contributed by atoms with Crippen LogP contribution in [0.5, 0.6) is 40.2 Å². The van der Waals surface area contributed by atoms with Gasteiger partial charge in [0.05, 0.1) is 40.4 Å². The summed E-state index contributed by atoms with van der Waals surface area (Å²) in [7, 11) is 0. The third kappa shape index (κ3) is 14.9. The quantitative estimate of drug-likeness (QED) is 0.0294. The molecule has 0 saturated carbocycles. The molecule has 5 atom stereocenters. The maximum atomic E-state index is 13.8. The van der Waals surface area contributed by atoms with Gasteiger partial charge in [-0.1, -0.05) is 91.0 Å². The number of hydrazine groups is 1. The molecule has 6 aliphatic rings. The number of fused-ring (bicyclic) bond motifs is 5. The number of anilines is 1. The number of aromatic carboxylic acids is 1. The van der Waals surface area contributed by atoms with Crippen LogP contribution >= 0.6 is 0 Å². The van der Waals surface area contributed by atoms with E-state index in [0.29, 0.717) is 28.9 Å². The molecule has 5 unspecified atom stereocenters. The Bertz CT molecular complexity index is 4480. The van der Waals surface area contributed by atoms with Gasteiger partial charge < -0.3 is 71.2 Å². The highest BCUT2D eigenvalue weighted by atomic mass is 16.7. The highest BCUT2D eigenvalue weighted by molar-refractivity contribution is 6.16. The molecule has 0 radical (unpaired) electrons. The van der Waals surface area contributed by atoms with Crippen LogP contribution < -0.4 is 31.7 Å². The van der Waals surface area contributed by atoms with E-state index in [1.54, 1.807) is 85.8 Å². The van der Waals surface area contributed by atoms with Crippen molar-refractivity contribution in [2.45, 2.75) is 51.7 Å². The number of nitrogens with one attached hydrogen (secondary N) is 2. The number of aromatic hydroxyl groups is 5. The molecule has 7 aromatic rings. The zero-order valence-electron chi connectivity index (χ0n) is 51.5. The normalized spacial score (nSPS) is 18.1. The molecule has 5 amide bonds. The smallest absolute Gasteiger partial charge is 0.347 e. The Morgan fingerprint density at radius 3 is 1.73 bits per heavy atom. The van der Waals surface area contributed by atoms with E-state index in [4.69, 9.17) is 36.0 Å². The first-order valence-corrected chi connectivity index (χ1v) is 29.7. The lowest BCUT2D eigenvalue weighted by molar-refractivity contribution is -0.141. The number of rotatable bonds is 8. The lowest BCUT2D eigenvalue weighted by atomic mass is 9.67. The van der Waals surface area contributed by atoms with Crippen molar-refractivity contribution >= 4 is 64.5 Å². The number of para-hydroxylation sites is 6. The van der Waals surface area contributed by atoms with Gasteiger partial charge in [0.2, 0.25) is 5.91 Å². The van der Waals surface area contributed by atoms with Crippen LogP contribution in [0.25, 0.3) is 5.57 Å². The maximum Gasteiger partial charge on any atom is 0.347 e. The molecule has 0 bridgehead atoms. The predicted molar refractivity (Wildman–Crippen MR) is 345 cm³/mol. The second-order valence-corrected chi connectivity index (χ2v) is 22.3. The van der Waals surface area contributed by atoms with E-state index in [-0.39, 0.29) is 139 Å². The van der Waals surface area contributed by atoms with Gasteiger partial charge in [0.1, 0.15) is 63.1 Å². The van der Waals surface area contributed by atoms with Crippen molar-refractivity contribution in [2.24, 2.45) is 29.3 Å². The topological polar surface area (TPSA) is 443 Å². The number of nitrogens with zero attached hydrogens (tertiary/aromatic N) is 1. The number of ketones is 1. The van der Waals surface area contributed by atoms with Gasteiger partial charge in [-0.05, 0) is 110 Å². The Kier molecular flexibility index (Phi) is 21.1. The van der Waals surface area contributed by atoms with Crippen molar-refractivity contribution < 1.29 is 103 Å². The highest BCUT2D eigenvalue weighted by Crippen LogP contribution is 2.59. The number of Topliss-reactive ketones (excluding diaryl/α,β-unsaturated/α-hetero) is 1. The Hall–Kier alpha value is -12.4. The molecule has 0 aromatic heterocycles. The molecule has 15 N–H and O–H groups in total. The van der Waals surface area contributed by atoms with Crippen molar-refractivity contribution in [1.29, 1.82) is 0 Å². The predicted octanol–water partition coefficient (Wildman–Crippen LogP) is 8.27. The van der Waals surface area contributed by atoms with E-state index in [1.165, 1.54) is 67.6 Å². The summed E-state index contributed by atoms with van der Waals surface area (Å²) >= 11 is 0. The number of esters is 1. The molecular weight excluding hydrogens is 1260 g/mol. The molecule has 0 saturated heterocycles. The molecule has 0 spiro atoms. The first-order valence-electron chi connectivity index (χ1n) is 29.7. The summed E-state index contributed by atoms with van der Waals surface area (Å²) in [6, 6.07) is 39.4. The highest BCUT2D eigenvalue weighted by Gasteiger charge is 2.50. The van der Waals surface area contributed by atoms with Gasteiger partial charge >= 0.3 is 17.9 Å². The minimum atomic E-state index is -1.19. The van der Waals surface area contributed by atoms with Gasteiger partial charge in [-0.3, -0.25) is 43.9 Å². The van der Waals surface area contributed by atoms with Gasteiger partial charge in [0.15, 0.2) is 12.6 Å². The summed E-state index contributed by atoms with van der Waals surface area (Å²) < 4.78 is 16.7. The monoisotopic (exact) mass is 1320 g/mol. The number of phenols is 5. The van der Waals surface area contributed by atoms with Crippen molar-refractivity contribution in [3.05, 3.63) is 242 Å². The van der Waals surface area contributed by atoms with E-state index in [1.807, 2.05) is 24.3 Å². The summed E-state index contributed by atoms with van der Waals surface area (Å²) in [5.41, 5.74) is 8.62. The minimum absolute atomic E-state index is 0.0177. The fourth-order valence-electron chi connectivity index (χ4n) is 11.7. The Labute approximate surface area is 551 Å². The van der Waals surface area contributed by atoms with Crippen LogP contribution in [0, 0.1) is 17.8 Å². The summed E-state index contributed by atoms with van der Waals surface area (Å²) in [5, 5.41) is 95.8. The Morgan fingerprint density at radius 2 is 1.19 bits per heavy atom. The lowest BCUT2D eigenvalue weighted by Gasteiger charge is -2.42. The van der Waals surface area contributed by atoms with Gasteiger partial charge in [-0.15, -0.1) is 0 Å². The molecule has 0 fully saturated rings. The number of hydrogen-bond acceptors (Lipinski definition) is 20. The molecule has 97 heavy (non-hydrogen) atoms. The number of aliphatic carboxylic acids is 1. The number of nitrogens with two attached hydrogens (primary N) is 2. The number of carboxylic acid groups (broad SMARTS) is 2. The van der Waals surface area contributed by atoms with Crippen LogP contribution in [-0.2, 0) is 25.5 Å². The molecule has 26 nitrogen and oxygen atoms in total. The number of aliphatic hydroxyl groups excluding tert-OH is 2.